The Morgan fingerprint density at radius 1 is 2.00 bits per heavy atom. The van der Waals surface area contributed by atoms with Crippen molar-refractivity contribution in [2.75, 3.05) is 0 Å². The van der Waals surface area contributed by atoms with Crippen LogP contribution in [-0.2, 0) is 0 Å². The molecule has 5 heavy (non-hydrogen) atoms. The van der Waals surface area contributed by atoms with Crippen LogP contribution in [0, 0.1) is 5.16 Å². The third-order valence-electron chi connectivity index (χ3n) is 0. The monoisotopic (exact) mass is 285 g/mol. The van der Waals surface area contributed by atoms with Crippen LogP contribution in [0.4, 0.5) is 0 Å². The lowest BCUT2D eigenvalue weighted by atomic mass is 14.0. The van der Waals surface area contributed by atoms with Gasteiger partial charge >= 0.3 is 0 Å². The van der Waals surface area contributed by atoms with Crippen LogP contribution in [0.5, 0.6) is 0 Å². The third-order valence-corrected chi connectivity index (χ3v) is 0. The minimum absolute atomic E-state index is 1.44. The van der Waals surface area contributed by atoms with E-state index in [9.17, 15) is 0 Å². The molecule has 2 unspecified atom stereocenters. The van der Waals surface area contributed by atoms with Crippen molar-refractivity contribution in [2.24, 2.45) is 0 Å². The molecule has 1 nitrogen and oxygen atoms in total. The summed E-state index contributed by atoms with van der Waals surface area (Å²) in [6, 6.07) is 0. The molecule has 0 saturated carbocycles. The second kappa shape index (κ2) is 2.25. The molecular weight excluding hydrogens is 283 g/mol. The van der Waals surface area contributed by atoms with Gasteiger partial charge in [0.15, 0.2) is 0 Å². The smallest absolute Gasteiger partial charge is 0.0995 e. The van der Waals surface area contributed by atoms with Crippen LogP contribution in [0.25, 0.3) is 0 Å². The van der Waals surface area contributed by atoms with E-state index in [0.29, 0.717) is 0 Å². The van der Waals surface area contributed by atoms with Gasteiger partial charge in [-0.2, -0.15) is 0 Å². The fraction of sp³-hybridized carbons (Fsp3) is 0. The first-order valence-electron chi connectivity index (χ1n) is 0.820. The Balaban J connectivity index is 3.47. The molecule has 0 aliphatic carbocycles. The van der Waals surface area contributed by atoms with E-state index in [-0.39, 0.29) is 0 Å². The van der Waals surface area contributed by atoms with Gasteiger partial charge in [-0.25, -0.2) is 0 Å². The van der Waals surface area contributed by atoms with Gasteiger partial charge in [0.25, 0.3) is 0 Å². The zero-order chi connectivity index (χ0) is 4.50. The van der Waals surface area contributed by atoms with Crippen molar-refractivity contribution < 1.29 is 0 Å². The van der Waals surface area contributed by atoms with Crippen molar-refractivity contribution in [3.05, 3.63) is 0 Å². The Hall–Kier alpha value is 1.87. The minimum Gasteiger partial charge on any atom is -0.294 e. The molecule has 5 heteroatoms. The van der Waals surface area contributed by atoms with Gasteiger partial charge in [0, 0.05) is 0 Å². The Labute approximate surface area is 54.5 Å². The maximum Gasteiger partial charge on any atom is 0.0995 e. The summed E-state index contributed by atoms with van der Waals surface area (Å²) in [4.78, 5) is 0. The minimum atomic E-state index is -1.44. The highest BCUT2D eigenvalue weighted by molar-refractivity contribution is 14.2. The van der Waals surface area contributed by atoms with Crippen molar-refractivity contribution in [3.63, 3.8) is 0 Å². The van der Waals surface area contributed by atoms with E-state index in [0.717, 1.165) is 0 Å². The summed E-state index contributed by atoms with van der Waals surface area (Å²) in [6.45, 7) is 0. The lowest BCUT2D eigenvalue weighted by molar-refractivity contribution is 1.65. The molecule has 0 aromatic carbocycles. The second-order valence-corrected chi connectivity index (χ2v) is 21.3. The van der Waals surface area contributed by atoms with Crippen molar-refractivity contribution in [2.45, 2.75) is 0 Å². The highest BCUT2D eigenvalue weighted by Crippen LogP contribution is 2.69. The summed E-state index contributed by atoms with van der Waals surface area (Å²) >= 11 is 5.14. The first-order valence-corrected chi connectivity index (χ1v) is 9.03. The van der Waals surface area contributed by atoms with Crippen LogP contribution < -0.4 is 0 Å². The van der Waals surface area contributed by atoms with Gasteiger partial charge in [-0.15, -0.1) is 0 Å². The molecule has 0 saturated heterocycles. The number of hydrogen-bond donors (Lipinski definition) is 1. The van der Waals surface area contributed by atoms with Gasteiger partial charge in [0.05, 0.1) is 3.09 Å². The predicted octanol–water partition coefficient (Wildman–Crippen LogP) is 3.22. The summed E-state index contributed by atoms with van der Waals surface area (Å²) in [6.07, 6.45) is 0. The predicted molar refractivity (Wildman–Crippen MR) is 42.3 cm³/mol. The highest BCUT2D eigenvalue weighted by atomic mass is 127. The topological polar surface area (TPSA) is 23.9 Å². The quantitative estimate of drug-likeness (QED) is 0.522. The zero-order valence-corrected chi connectivity index (χ0v) is 8.07. The largest absolute Gasteiger partial charge is 0.294 e. The lowest BCUT2D eigenvalue weighted by Gasteiger charge is -1.86. The van der Waals surface area contributed by atoms with Gasteiger partial charge in [-0.05, 0) is 37.5 Å². The van der Waals surface area contributed by atoms with Crippen LogP contribution in [0.1, 0.15) is 0 Å². The molecule has 0 radical (unpaired) electrons. The van der Waals surface area contributed by atoms with Crippen LogP contribution in [-0.4, -0.2) is 0 Å². The van der Waals surface area contributed by atoms with Crippen LogP contribution >= 0.6 is 49.5 Å². The first-order chi connectivity index (χ1) is 2.00. The molecule has 0 bridgehead atoms. The summed E-state index contributed by atoms with van der Waals surface area (Å²) in [5.41, 5.74) is 0. The molecule has 1 N–H and O–H groups in total. The Kier molecular flexibility index (Phi) is 3.09. The van der Waals surface area contributed by atoms with Gasteiger partial charge in [0.1, 0.15) is 0 Å². The number of halogens is 2. The van der Waals surface area contributed by atoms with E-state index >= 15 is 0 Å². The second-order valence-electron chi connectivity index (χ2n) is 0.557. The fourth-order valence-electron chi connectivity index (χ4n) is 0. The average Bonchev–Trinajstić information content (AvgIpc) is 0.722. The maximum atomic E-state index is 6.91. The molecule has 0 amide bonds. The molecule has 0 aliphatic rings. The van der Waals surface area contributed by atoms with E-state index < -0.39 is 3.09 Å². The van der Waals surface area contributed by atoms with Gasteiger partial charge in [-0.3, -0.25) is 5.16 Å². The number of nitrogens with one attached hydrogen (secondary N) is 1. The standard InChI is InChI=1S/BrH3INP2/c1-5(2,3)4/h3H,4H2. The Bertz CT molecular complexity index is 55.8. The summed E-state index contributed by atoms with van der Waals surface area (Å²) in [5, 5.41) is 6.91. The third kappa shape index (κ3) is 25.1. The Morgan fingerprint density at radius 3 is 2.00 bits per heavy atom. The molecule has 0 spiro atoms. The molecule has 32 valence electrons. The van der Waals surface area contributed by atoms with Crippen LogP contribution in [0.2, 0.25) is 0 Å². The molecule has 0 rings (SSSR count). The normalized spacial score (nSPS) is 21.4. The van der Waals surface area contributed by atoms with E-state index in [1.807, 2.05) is 22.0 Å². The van der Waals surface area contributed by atoms with Crippen molar-refractivity contribution in [1.29, 1.82) is 5.16 Å². The van der Waals surface area contributed by atoms with Crippen molar-refractivity contribution in [3.8, 4) is 0 Å². The molecule has 0 aliphatic heterocycles. The zero-order valence-electron chi connectivity index (χ0n) is 2.28. The first kappa shape index (κ1) is 6.87. The van der Waals surface area contributed by atoms with Crippen LogP contribution in [0.15, 0.2) is 0 Å². The summed E-state index contributed by atoms with van der Waals surface area (Å²) in [7, 11) is 2.40. The van der Waals surface area contributed by atoms with Gasteiger partial charge < -0.3 is 0 Å². The molecule has 0 heterocycles. The van der Waals surface area contributed by atoms with Crippen molar-refractivity contribution >= 4 is 49.5 Å². The van der Waals surface area contributed by atoms with Crippen LogP contribution in [0.3, 0.4) is 0 Å². The molecule has 2 atom stereocenters. The van der Waals surface area contributed by atoms with Gasteiger partial charge in [-0.1, -0.05) is 8.93 Å². The number of hydrogen-bond acceptors (Lipinski definition) is 1. The average molecular weight is 286 g/mol. The fourth-order valence-corrected chi connectivity index (χ4v) is 0. The molecule has 0 aromatic heterocycles. The summed E-state index contributed by atoms with van der Waals surface area (Å²) in [5.74, 6) is 0. The lowest BCUT2D eigenvalue weighted by Crippen LogP contribution is -1.09. The SMILES string of the molecule is N=P(P)(Br)I. The molecule has 0 fully saturated rings. The molecular formula is H3BrINP2. The van der Waals surface area contributed by atoms with E-state index in [1.54, 1.807) is 0 Å². The Morgan fingerprint density at radius 2 is 2.00 bits per heavy atom. The van der Waals surface area contributed by atoms with Crippen molar-refractivity contribution in [1.82, 2.24) is 0 Å². The number of rotatable bonds is 0. The summed E-state index contributed by atoms with van der Waals surface area (Å²) < 4.78 is -1.44. The maximum absolute atomic E-state index is 6.91. The van der Waals surface area contributed by atoms with E-state index in [2.05, 4.69) is 24.4 Å². The van der Waals surface area contributed by atoms with Gasteiger partial charge in [0.2, 0.25) is 0 Å². The molecule has 0 aromatic rings. The highest BCUT2D eigenvalue weighted by Gasteiger charge is 1.89. The van der Waals surface area contributed by atoms with E-state index in [1.165, 1.54) is 0 Å². The van der Waals surface area contributed by atoms with E-state index in [4.69, 9.17) is 5.16 Å².